The summed E-state index contributed by atoms with van der Waals surface area (Å²) in [5, 5.41) is 3.23. The summed E-state index contributed by atoms with van der Waals surface area (Å²) in [5.74, 6) is 0.181. The van der Waals surface area contributed by atoms with Gasteiger partial charge in [-0.15, -0.1) is 0 Å². The van der Waals surface area contributed by atoms with E-state index in [0.29, 0.717) is 19.5 Å². The molecule has 2 fully saturated rings. The van der Waals surface area contributed by atoms with Gasteiger partial charge in [0.05, 0.1) is 9.79 Å². The molecule has 1 aromatic rings. The van der Waals surface area contributed by atoms with Crippen LogP contribution >= 0.6 is 0 Å². The smallest absolute Gasteiger partial charge is 0.243 e. The molecule has 0 amide bonds. The highest BCUT2D eigenvalue weighted by Crippen LogP contribution is 2.23. The summed E-state index contributed by atoms with van der Waals surface area (Å²) >= 11 is 0. The number of nitrogens with zero attached hydrogens (tertiary/aromatic N) is 1. The summed E-state index contributed by atoms with van der Waals surface area (Å²) in [7, 11) is -7.39. The van der Waals surface area contributed by atoms with Crippen molar-refractivity contribution in [3.63, 3.8) is 0 Å². The first kappa shape index (κ1) is 18.8. The largest absolute Gasteiger partial charge is 0.316 e. The third kappa shape index (κ3) is 4.06. The molecule has 1 aromatic carbocycles. The van der Waals surface area contributed by atoms with Crippen LogP contribution < -0.4 is 10.0 Å². The molecule has 0 bridgehead atoms. The van der Waals surface area contributed by atoms with Crippen LogP contribution in [-0.4, -0.2) is 53.4 Å². The van der Waals surface area contributed by atoms with Crippen LogP contribution in [0.15, 0.2) is 34.1 Å². The van der Waals surface area contributed by atoms with E-state index in [0.717, 1.165) is 25.9 Å². The standard InChI is InChI=1S/C16H25N3O4S2/c1-13-12-17-8-7-16(13)18-24(20,21)14-5-4-6-15(11-14)25(22,23)19-9-2-3-10-19/h4-6,11,13,16-18H,2-3,7-10,12H2,1H3. The van der Waals surface area contributed by atoms with Crippen LogP contribution in [0.25, 0.3) is 0 Å². The summed E-state index contributed by atoms with van der Waals surface area (Å²) < 4.78 is 54.9. The highest BCUT2D eigenvalue weighted by Gasteiger charge is 2.30. The monoisotopic (exact) mass is 387 g/mol. The predicted molar refractivity (Wildman–Crippen MR) is 95.2 cm³/mol. The molecule has 2 aliphatic heterocycles. The lowest BCUT2D eigenvalue weighted by atomic mass is 9.97. The van der Waals surface area contributed by atoms with E-state index in [9.17, 15) is 16.8 Å². The maximum absolute atomic E-state index is 12.7. The van der Waals surface area contributed by atoms with Crippen LogP contribution in [0.3, 0.4) is 0 Å². The Labute approximate surface area is 149 Å². The van der Waals surface area contributed by atoms with Gasteiger partial charge in [-0.05, 0) is 56.5 Å². The first-order valence-corrected chi connectivity index (χ1v) is 11.6. The number of hydrogen-bond acceptors (Lipinski definition) is 5. The molecule has 0 aliphatic carbocycles. The van der Waals surface area contributed by atoms with Crippen molar-refractivity contribution >= 4 is 20.0 Å². The van der Waals surface area contributed by atoms with Crippen molar-refractivity contribution in [1.82, 2.24) is 14.3 Å². The second-order valence-electron chi connectivity index (χ2n) is 6.78. The highest BCUT2D eigenvalue weighted by molar-refractivity contribution is 7.90. The van der Waals surface area contributed by atoms with Crippen molar-refractivity contribution in [2.24, 2.45) is 5.92 Å². The van der Waals surface area contributed by atoms with Crippen LogP contribution in [0.4, 0.5) is 0 Å². The normalized spacial score (nSPS) is 26.0. The lowest BCUT2D eigenvalue weighted by Gasteiger charge is -2.30. The Bertz CT molecular complexity index is 818. The average molecular weight is 388 g/mol. The molecular formula is C16H25N3O4S2. The molecule has 0 radical (unpaired) electrons. The van der Waals surface area contributed by atoms with Crippen molar-refractivity contribution in [2.45, 2.75) is 42.0 Å². The zero-order chi connectivity index (χ0) is 18.1. The summed E-state index contributed by atoms with van der Waals surface area (Å²) in [6.45, 7) is 4.50. The third-order valence-electron chi connectivity index (χ3n) is 4.91. The van der Waals surface area contributed by atoms with Gasteiger partial charge < -0.3 is 5.32 Å². The topological polar surface area (TPSA) is 95.6 Å². The van der Waals surface area contributed by atoms with E-state index in [4.69, 9.17) is 0 Å². The second-order valence-corrected chi connectivity index (χ2v) is 10.4. The molecule has 0 aromatic heterocycles. The summed E-state index contributed by atoms with van der Waals surface area (Å²) in [6, 6.07) is 5.51. The molecule has 2 aliphatic rings. The van der Waals surface area contributed by atoms with Crippen LogP contribution in [0, 0.1) is 5.92 Å². The Morgan fingerprint density at radius 2 is 1.80 bits per heavy atom. The van der Waals surface area contributed by atoms with Gasteiger partial charge >= 0.3 is 0 Å². The second kappa shape index (κ2) is 7.32. The molecule has 2 unspecified atom stereocenters. The molecule has 9 heteroatoms. The van der Waals surface area contributed by atoms with E-state index in [1.807, 2.05) is 6.92 Å². The lowest BCUT2D eigenvalue weighted by Crippen LogP contribution is -2.48. The quantitative estimate of drug-likeness (QED) is 0.777. The fourth-order valence-corrected chi connectivity index (χ4v) is 6.40. The highest BCUT2D eigenvalue weighted by atomic mass is 32.2. The van der Waals surface area contributed by atoms with Gasteiger partial charge in [-0.3, -0.25) is 0 Å². The van der Waals surface area contributed by atoms with Gasteiger partial charge in [-0.1, -0.05) is 13.0 Å². The van der Waals surface area contributed by atoms with Gasteiger partial charge in [0.15, 0.2) is 0 Å². The summed E-state index contributed by atoms with van der Waals surface area (Å²) in [6.07, 6.45) is 2.39. The molecule has 0 saturated carbocycles. The number of benzene rings is 1. The molecule has 25 heavy (non-hydrogen) atoms. The number of nitrogens with one attached hydrogen (secondary N) is 2. The molecule has 2 N–H and O–H groups in total. The molecule has 140 valence electrons. The Morgan fingerprint density at radius 1 is 1.12 bits per heavy atom. The average Bonchev–Trinajstić information content (AvgIpc) is 3.12. The lowest BCUT2D eigenvalue weighted by molar-refractivity contribution is 0.328. The Balaban J connectivity index is 1.85. The molecular weight excluding hydrogens is 362 g/mol. The third-order valence-corrected chi connectivity index (χ3v) is 8.29. The SMILES string of the molecule is CC1CNCCC1NS(=O)(=O)c1cccc(S(=O)(=O)N2CCCC2)c1. The Kier molecular flexibility index (Phi) is 5.50. The first-order valence-electron chi connectivity index (χ1n) is 8.64. The van der Waals surface area contributed by atoms with Crippen molar-refractivity contribution < 1.29 is 16.8 Å². The van der Waals surface area contributed by atoms with Gasteiger partial charge in [-0.2, -0.15) is 4.31 Å². The predicted octanol–water partition coefficient (Wildman–Crippen LogP) is 0.747. The molecule has 2 heterocycles. The Hall–Kier alpha value is -1.00. The van der Waals surface area contributed by atoms with Crippen molar-refractivity contribution in [3.8, 4) is 0 Å². The van der Waals surface area contributed by atoms with E-state index in [1.165, 1.54) is 28.6 Å². The van der Waals surface area contributed by atoms with E-state index in [1.54, 1.807) is 0 Å². The Morgan fingerprint density at radius 3 is 2.48 bits per heavy atom. The first-order chi connectivity index (χ1) is 11.8. The van der Waals surface area contributed by atoms with Crippen molar-refractivity contribution in [3.05, 3.63) is 24.3 Å². The van der Waals surface area contributed by atoms with Crippen LogP contribution in [0.2, 0.25) is 0 Å². The minimum Gasteiger partial charge on any atom is -0.316 e. The minimum atomic E-state index is -3.76. The molecule has 0 spiro atoms. The van der Waals surface area contributed by atoms with Gasteiger partial charge in [0.2, 0.25) is 20.0 Å². The van der Waals surface area contributed by atoms with Gasteiger partial charge in [0.1, 0.15) is 0 Å². The van der Waals surface area contributed by atoms with Crippen molar-refractivity contribution in [2.75, 3.05) is 26.2 Å². The maximum Gasteiger partial charge on any atom is 0.243 e. The molecule has 2 atom stereocenters. The van der Waals surface area contributed by atoms with Gasteiger partial charge in [0.25, 0.3) is 0 Å². The summed E-state index contributed by atoms with van der Waals surface area (Å²) in [5.41, 5.74) is 0. The minimum absolute atomic E-state index is 0.00138. The number of sulfonamides is 2. The van der Waals surface area contributed by atoms with Crippen LogP contribution in [0.1, 0.15) is 26.2 Å². The maximum atomic E-state index is 12.7. The van der Waals surface area contributed by atoms with Crippen LogP contribution in [0.5, 0.6) is 0 Å². The number of rotatable bonds is 5. The molecule has 2 saturated heterocycles. The van der Waals surface area contributed by atoms with E-state index in [2.05, 4.69) is 10.0 Å². The van der Waals surface area contributed by atoms with Gasteiger partial charge in [-0.25, -0.2) is 21.6 Å². The van der Waals surface area contributed by atoms with Crippen LogP contribution in [-0.2, 0) is 20.0 Å². The van der Waals surface area contributed by atoms with Crippen molar-refractivity contribution in [1.29, 1.82) is 0 Å². The number of hydrogen-bond donors (Lipinski definition) is 2. The fourth-order valence-electron chi connectivity index (χ4n) is 3.34. The molecule has 7 nitrogen and oxygen atoms in total. The van der Waals surface area contributed by atoms with E-state index in [-0.39, 0.29) is 21.8 Å². The fraction of sp³-hybridized carbons (Fsp3) is 0.625. The molecule has 3 rings (SSSR count). The van der Waals surface area contributed by atoms with E-state index < -0.39 is 20.0 Å². The van der Waals surface area contributed by atoms with Gasteiger partial charge in [0, 0.05) is 19.1 Å². The number of piperidine rings is 1. The van der Waals surface area contributed by atoms with E-state index >= 15 is 0 Å². The zero-order valence-corrected chi connectivity index (χ0v) is 15.9. The zero-order valence-electron chi connectivity index (χ0n) is 14.3. The summed E-state index contributed by atoms with van der Waals surface area (Å²) in [4.78, 5) is 0.0362.